The number of nitro groups is 1. The fraction of sp³-hybridized carbons (Fsp3) is 0.0625. The second-order valence-electron chi connectivity index (χ2n) is 4.53. The second kappa shape index (κ2) is 6.37. The summed E-state index contributed by atoms with van der Waals surface area (Å²) in [4.78, 5) is 21.8. The third-order valence-corrected chi connectivity index (χ3v) is 3.01. The lowest BCUT2D eigenvalue weighted by Gasteiger charge is -2.08. The molecule has 0 aromatic heterocycles. The third kappa shape index (κ3) is 3.31. The van der Waals surface area contributed by atoms with Crippen molar-refractivity contribution in [1.82, 2.24) is 0 Å². The first-order valence-corrected chi connectivity index (χ1v) is 6.37. The van der Waals surface area contributed by atoms with Gasteiger partial charge in [0.15, 0.2) is 5.78 Å². The number of ketones is 1. The number of hydrogen-bond acceptors (Lipinski definition) is 6. The lowest BCUT2D eigenvalue weighted by atomic mass is 10.1. The highest BCUT2D eigenvalue weighted by molar-refractivity contribution is 5.94. The smallest absolute Gasteiger partial charge is 0.312 e. The molecule has 2 aromatic carbocycles. The Kier molecular flexibility index (Phi) is 4.34. The Labute approximate surface area is 131 Å². The number of hydrogen-bond donors (Lipinski definition) is 0. The second-order valence-corrected chi connectivity index (χ2v) is 4.53. The van der Waals surface area contributed by atoms with Crippen LogP contribution in [0.1, 0.15) is 28.4 Å². The molecule has 2 aromatic rings. The molecule has 0 spiro atoms. The minimum atomic E-state index is -0.702. The molecule has 0 unspecified atom stereocenters. The summed E-state index contributed by atoms with van der Waals surface area (Å²) in [6, 6.07) is 11.8. The van der Waals surface area contributed by atoms with Crippen molar-refractivity contribution in [3.63, 3.8) is 0 Å². The summed E-state index contributed by atoms with van der Waals surface area (Å²) in [5.41, 5.74) is -0.187. The molecule has 7 nitrogen and oxygen atoms in total. The molecular formula is C16H9N3O4. The zero-order valence-corrected chi connectivity index (χ0v) is 11.9. The maximum absolute atomic E-state index is 11.4. The number of Topliss-reactive ketones (excluding diaryl/α,β-unsaturated/α-hetero) is 1. The lowest BCUT2D eigenvalue weighted by Crippen LogP contribution is -1.98. The van der Waals surface area contributed by atoms with E-state index in [1.54, 1.807) is 24.3 Å². The standard InChI is InChI=1S/C16H9N3O4/c1-10(20)11-3-2-4-14(5-11)23-16-7-13(9-18)12(8-17)6-15(16)19(21)22/h2-7H,1H3. The van der Waals surface area contributed by atoms with E-state index in [2.05, 4.69) is 0 Å². The van der Waals surface area contributed by atoms with E-state index in [1.165, 1.54) is 19.1 Å². The lowest BCUT2D eigenvalue weighted by molar-refractivity contribution is -0.385. The molecular weight excluding hydrogens is 298 g/mol. The minimum Gasteiger partial charge on any atom is -0.450 e. The number of rotatable bonds is 4. The molecule has 0 fully saturated rings. The number of nitriles is 2. The summed E-state index contributed by atoms with van der Waals surface area (Å²) in [7, 11) is 0. The van der Waals surface area contributed by atoms with Crippen LogP contribution in [0, 0.1) is 32.8 Å². The van der Waals surface area contributed by atoms with E-state index in [0.717, 1.165) is 12.1 Å². The van der Waals surface area contributed by atoms with E-state index < -0.39 is 10.6 Å². The van der Waals surface area contributed by atoms with E-state index in [0.29, 0.717) is 5.56 Å². The fourth-order valence-corrected chi connectivity index (χ4v) is 1.88. The van der Waals surface area contributed by atoms with Crippen molar-refractivity contribution in [1.29, 1.82) is 10.5 Å². The van der Waals surface area contributed by atoms with Crippen LogP contribution < -0.4 is 4.74 Å². The van der Waals surface area contributed by atoms with E-state index in [-0.39, 0.29) is 28.4 Å². The molecule has 112 valence electrons. The summed E-state index contributed by atoms with van der Waals surface area (Å²) in [5.74, 6) is -0.136. The molecule has 0 aliphatic rings. The first-order chi connectivity index (χ1) is 11.0. The number of nitrogens with zero attached hydrogens (tertiary/aromatic N) is 3. The van der Waals surface area contributed by atoms with Crippen molar-refractivity contribution < 1.29 is 14.5 Å². The number of carbonyl (C=O) groups excluding carboxylic acids is 1. The molecule has 0 N–H and O–H groups in total. The highest BCUT2D eigenvalue weighted by atomic mass is 16.6. The predicted molar refractivity (Wildman–Crippen MR) is 79.0 cm³/mol. The zero-order valence-electron chi connectivity index (χ0n) is 11.9. The van der Waals surface area contributed by atoms with Gasteiger partial charge in [-0.2, -0.15) is 10.5 Å². The van der Waals surface area contributed by atoms with Crippen LogP contribution in [0.4, 0.5) is 5.69 Å². The Morgan fingerprint density at radius 1 is 1.17 bits per heavy atom. The number of nitro benzene ring substituents is 1. The number of benzene rings is 2. The molecule has 0 aliphatic carbocycles. The minimum absolute atomic E-state index is 0.0316. The van der Waals surface area contributed by atoms with Gasteiger partial charge in [-0.15, -0.1) is 0 Å². The molecule has 0 radical (unpaired) electrons. The average molecular weight is 307 g/mol. The quantitative estimate of drug-likeness (QED) is 0.485. The Morgan fingerprint density at radius 3 is 2.39 bits per heavy atom. The van der Waals surface area contributed by atoms with Gasteiger partial charge in [0, 0.05) is 17.7 Å². The molecule has 0 saturated carbocycles. The van der Waals surface area contributed by atoms with Gasteiger partial charge in [-0.05, 0) is 19.1 Å². The van der Waals surface area contributed by atoms with Gasteiger partial charge in [0.2, 0.25) is 5.75 Å². The van der Waals surface area contributed by atoms with Crippen LogP contribution in [-0.2, 0) is 0 Å². The van der Waals surface area contributed by atoms with Gasteiger partial charge in [0.1, 0.15) is 17.9 Å². The van der Waals surface area contributed by atoms with Crippen LogP contribution in [0.15, 0.2) is 36.4 Å². The topological polar surface area (TPSA) is 117 Å². The first kappa shape index (κ1) is 15.7. The molecule has 0 amide bonds. The van der Waals surface area contributed by atoms with Gasteiger partial charge < -0.3 is 4.74 Å². The van der Waals surface area contributed by atoms with Gasteiger partial charge >= 0.3 is 5.69 Å². The number of ether oxygens (including phenoxy) is 1. The summed E-state index contributed by atoms with van der Waals surface area (Å²) >= 11 is 0. The molecule has 23 heavy (non-hydrogen) atoms. The molecule has 0 heterocycles. The van der Waals surface area contributed by atoms with Crippen molar-refractivity contribution in [3.8, 4) is 23.6 Å². The maximum atomic E-state index is 11.4. The molecule has 2 rings (SSSR count). The number of carbonyl (C=O) groups is 1. The van der Waals surface area contributed by atoms with Gasteiger partial charge in [0.05, 0.1) is 16.1 Å². The molecule has 7 heteroatoms. The first-order valence-electron chi connectivity index (χ1n) is 6.37. The molecule has 0 saturated heterocycles. The van der Waals surface area contributed by atoms with Crippen LogP contribution in [0.2, 0.25) is 0 Å². The van der Waals surface area contributed by atoms with Crippen molar-refractivity contribution in [2.75, 3.05) is 0 Å². The fourth-order valence-electron chi connectivity index (χ4n) is 1.88. The highest BCUT2D eigenvalue weighted by Crippen LogP contribution is 2.34. The van der Waals surface area contributed by atoms with Crippen molar-refractivity contribution >= 4 is 11.5 Å². The Bertz CT molecular complexity index is 891. The largest absolute Gasteiger partial charge is 0.450 e. The molecule has 0 bridgehead atoms. The van der Waals surface area contributed by atoms with Gasteiger partial charge in [-0.3, -0.25) is 14.9 Å². The van der Waals surface area contributed by atoms with Crippen LogP contribution in [-0.4, -0.2) is 10.7 Å². The zero-order chi connectivity index (χ0) is 17.0. The van der Waals surface area contributed by atoms with Crippen LogP contribution in [0.5, 0.6) is 11.5 Å². The maximum Gasteiger partial charge on any atom is 0.312 e. The Hall–Kier alpha value is -3.71. The summed E-state index contributed by atoms with van der Waals surface area (Å²) in [6.07, 6.45) is 0. The van der Waals surface area contributed by atoms with E-state index >= 15 is 0 Å². The third-order valence-electron chi connectivity index (χ3n) is 3.01. The Morgan fingerprint density at radius 2 is 1.83 bits per heavy atom. The summed E-state index contributed by atoms with van der Waals surface area (Å²) in [5, 5.41) is 29.1. The van der Waals surface area contributed by atoms with E-state index in [4.69, 9.17) is 15.3 Å². The van der Waals surface area contributed by atoms with Crippen molar-refractivity contribution in [2.45, 2.75) is 6.92 Å². The van der Waals surface area contributed by atoms with Gasteiger partial charge in [-0.25, -0.2) is 0 Å². The van der Waals surface area contributed by atoms with Crippen LogP contribution >= 0.6 is 0 Å². The summed E-state index contributed by atoms with van der Waals surface area (Å²) in [6.45, 7) is 1.39. The highest BCUT2D eigenvalue weighted by Gasteiger charge is 2.20. The molecule has 0 atom stereocenters. The van der Waals surface area contributed by atoms with Crippen molar-refractivity contribution in [3.05, 3.63) is 63.2 Å². The van der Waals surface area contributed by atoms with Gasteiger partial charge in [-0.1, -0.05) is 12.1 Å². The normalized spacial score (nSPS) is 9.52. The predicted octanol–water partition coefficient (Wildman–Crippen LogP) is 3.33. The van der Waals surface area contributed by atoms with Crippen LogP contribution in [0.3, 0.4) is 0 Å². The van der Waals surface area contributed by atoms with Crippen LogP contribution in [0.25, 0.3) is 0 Å². The molecule has 0 aliphatic heterocycles. The Balaban J connectivity index is 2.53. The monoisotopic (exact) mass is 307 g/mol. The van der Waals surface area contributed by atoms with Gasteiger partial charge in [0.25, 0.3) is 0 Å². The average Bonchev–Trinajstić information content (AvgIpc) is 2.54. The summed E-state index contributed by atoms with van der Waals surface area (Å²) < 4.78 is 5.45. The SMILES string of the molecule is CC(=O)c1cccc(Oc2cc(C#N)c(C#N)cc2[N+](=O)[O-])c1. The van der Waals surface area contributed by atoms with E-state index in [1.807, 2.05) is 0 Å². The van der Waals surface area contributed by atoms with Crippen molar-refractivity contribution in [2.24, 2.45) is 0 Å². The van der Waals surface area contributed by atoms with E-state index in [9.17, 15) is 14.9 Å².